The van der Waals surface area contributed by atoms with Crippen molar-refractivity contribution in [3.63, 3.8) is 0 Å². The summed E-state index contributed by atoms with van der Waals surface area (Å²) in [6, 6.07) is 10.4. The first-order chi connectivity index (χ1) is 8.23. The Kier molecular flexibility index (Phi) is 3.79. The molecule has 0 bridgehead atoms. The highest BCUT2D eigenvalue weighted by Gasteiger charge is 2.34. The van der Waals surface area contributed by atoms with Crippen LogP contribution in [0.25, 0.3) is 0 Å². The van der Waals surface area contributed by atoms with E-state index in [0.717, 1.165) is 19.4 Å². The van der Waals surface area contributed by atoms with E-state index in [2.05, 4.69) is 17.4 Å². The Hall–Kier alpha value is -1.35. The standard InChI is InChI=1S/C14H19NO2/c16-13(17)10-15-11-14(8-4-5-9-14)12-6-2-1-3-7-12/h1-3,6-7,15H,4-5,8-11H2,(H,16,17)/p-1. The van der Waals surface area contributed by atoms with E-state index < -0.39 is 5.97 Å². The van der Waals surface area contributed by atoms with Gasteiger partial charge in [0.1, 0.15) is 0 Å². The van der Waals surface area contributed by atoms with Gasteiger partial charge >= 0.3 is 0 Å². The summed E-state index contributed by atoms with van der Waals surface area (Å²) < 4.78 is 0. The van der Waals surface area contributed by atoms with Crippen molar-refractivity contribution in [2.24, 2.45) is 0 Å². The van der Waals surface area contributed by atoms with E-state index in [9.17, 15) is 9.90 Å². The van der Waals surface area contributed by atoms with E-state index in [1.54, 1.807) is 0 Å². The zero-order valence-corrected chi connectivity index (χ0v) is 9.95. The van der Waals surface area contributed by atoms with Gasteiger partial charge in [0, 0.05) is 18.5 Å². The summed E-state index contributed by atoms with van der Waals surface area (Å²) in [5.41, 5.74) is 1.44. The number of hydrogen-bond donors (Lipinski definition) is 1. The summed E-state index contributed by atoms with van der Waals surface area (Å²) in [5.74, 6) is -1.04. The van der Waals surface area contributed by atoms with Crippen LogP contribution in [0.15, 0.2) is 30.3 Å². The topological polar surface area (TPSA) is 52.2 Å². The van der Waals surface area contributed by atoms with Crippen LogP contribution in [0.3, 0.4) is 0 Å². The fraction of sp³-hybridized carbons (Fsp3) is 0.500. The van der Waals surface area contributed by atoms with Gasteiger partial charge in [0.15, 0.2) is 0 Å². The molecular weight excluding hydrogens is 214 g/mol. The second-order valence-electron chi connectivity index (χ2n) is 4.83. The Labute approximate surface area is 102 Å². The van der Waals surface area contributed by atoms with Crippen molar-refractivity contribution < 1.29 is 9.90 Å². The number of carbonyl (C=O) groups excluding carboxylic acids is 1. The van der Waals surface area contributed by atoms with Crippen molar-refractivity contribution in [2.45, 2.75) is 31.1 Å². The van der Waals surface area contributed by atoms with Gasteiger partial charge in [0.25, 0.3) is 0 Å². The maximum Gasteiger partial charge on any atom is 0.0552 e. The molecule has 0 spiro atoms. The molecule has 0 radical (unpaired) electrons. The Morgan fingerprint density at radius 3 is 2.47 bits per heavy atom. The number of rotatable bonds is 5. The van der Waals surface area contributed by atoms with Gasteiger partial charge in [0.05, 0.1) is 5.97 Å². The maximum absolute atomic E-state index is 10.4. The van der Waals surface area contributed by atoms with E-state index in [1.165, 1.54) is 18.4 Å². The lowest BCUT2D eigenvalue weighted by Gasteiger charge is -2.30. The molecule has 1 saturated carbocycles. The molecule has 1 N–H and O–H groups in total. The van der Waals surface area contributed by atoms with Crippen LogP contribution in [-0.2, 0) is 10.2 Å². The van der Waals surface area contributed by atoms with Crippen molar-refractivity contribution in [3.8, 4) is 0 Å². The van der Waals surface area contributed by atoms with Crippen LogP contribution in [-0.4, -0.2) is 19.1 Å². The molecule has 0 heterocycles. The predicted octanol–water partition coefficient (Wildman–Crippen LogP) is 0.838. The third kappa shape index (κ3) is 2.86. The second-order valence-corrected chi connectivity index (χ2v) is 4.83. The average Bonchev–Trinajstić information content (AvgIpc) is 2.80. The third-order valence-corrected chi connectivity index (χ3v) is 3.68. The van der Waals surface area contributed by atoms with E-state index in [1.807, 2.05) is 18.2 Å². The van der Waals surface area contributed by atoms with Gasteiger partial charge in [-0.2, -0.15) is 0 Å². The summed E-state index contributed by atoms with van der Waals surface area (Å²) in [7, 11) is 0. The van der Waals surface area contributed by atoms with Crippen LogP contribution < -0.4 is 10.4 Å². The normalized spacial score (nSPS) is 18.1. The lowest BCUT2D eigenvalue weighted by molar-refractivity contribution is -0.304. The van der Waals surface area contributed by atoms with E-state index in [0.29, 0.717) is 0 Å². The first-order valence-electron chi connectivity index (χ1n) is 6.19. The van der Waals surface area contributed by atoms with Crippen molar-refractivity contribution in [2.75, 3.05) is 13.1 Å². The third-order valence-electron chi connectivity index (χ3n) is 3.68. The molecule has 92 valence electrons. The predicted molar refractivity (Wildman–Crippen MR) is 64.5 cm³/mol. The van der Waals surface area contributed by atoms with Crippen LogP contribution in [0.1, 0.15) is 31.2 Å². The number of hydrogen-bond acceptors (Lipinski definition) is 3. The molecule has 1 aromatic rings. The first kappa shape index (κ1) is 12.1. The van der Waals surface area contributed by atoms with Crippen molar-refractivity contribution >= 4 is 5.97 Å². The molecule has 1 aromatic carbocycles. The van der Waals surface area contributed by atoms with Gasteiger partial charge in [-0.25, -0.2) is 0 Å². The molecule has 1 fully saturated rings. The number of carboxylic acids is 1. The Morgan fingerprint density at radius 1 is 1.24 bits per heavy atom. The van der Waals surface area contributed by atoms with Gasteiger partial charge in [-0.3, -0.25) is 0 Å². The number of nitrogens with one attached hydrogen (secondary N) is 1. The van der Waals surface area contributed by atoms with E-state index in [-0.39, 0.29) is 12.0 Å². The van der Waals surface area contributed by atoms with Crippen molar-refractivity contribution in [1.82, 2.24) is 5.32 Å². The number of carboxylic acid groups (broad SMARTS) is 1. The van der Waals surface area contributed by atoms with E-state index in [4.69, 9.17) is 0 Å². The van der Waals surface area contributed by atoms with Crippen LogP contribution >= 0.6 is 0 Å². The molecule has 1 aliphatic carbocycles. The molecule has 3 nitrogen and oxygen atoms in total. The Bertz CT molecular complexity index is 369. The largest absolute Gasteiger partial charge is 0.549 e. The molecule has 0 unspecified atom stereocenters. The zero-order chi connectivity index (χ0) is 12.1. The minimum atomic E-state index is -1.04. The summed E-state index contributed by atoms with van der Waals surface area (Å²) >= 11 is 0. The Morgan fingerprint density at radius 2 is 1.88 bits per heavy atom. The quantitative estimate of drug-likeness (QED) is 0.818. The molecular formula is C14H18NO2-. The minimum absolute atomic E-state index is 0.0609. The van der Waals surface area contributed by atoms with Crippen LogP contribution in [0.2, 0.25) is 0 Å². The summed E-state index contributed by atoms with van der Waals surface area (Å²) in [6.45, 7) is 0.666. The summed E-state index contributed by atoms with van der Waals surface area (Å²) in [4.78, 5) is 10.4. The molecule has 0 aliphatic heterocycles. The first-order valence-corrected chi connectivity index (χ1v) is 6.19. The lowest BCUT2D eigenvalue weighted by atomic mass is 9.79. The monoisotopic (exact) mass is 232 g/mol. The number of carbonyl (C=O) groups is 1. The average molecular weight is 232 g/mol. The minimum Gasteiger partial charge on any atom is -0.549 e. The summed E-state index contributed by atoms with van der Waals surface area (Å²) in [5, 5.41) is 13.4. The molecule has 0 amide bonds. The van der Waals surface area contributed by atoms with Crippen LogP contribution in [0, 0.1) is 0 Å². The van der Waals surface area contributed by atoms with Crippen molar-refractivity contribution in [1.29, 1.82) is 0 Å². The maximum atomic E-state index is 10.4. The molecule has 0 atom stereocenters. The summed E-state index contributed by atoms with van der Waals surface area (Å²) in [6.07, 6.45) is 4.72. The molecule has 0 saturated heterocycles. The number of aliphatic carboxylic acids is 1. The van der Waals surface area contributed by atoms with Crippen LogP contribution in [0.4, 0.5) is 0 Å². The molecule has 0 aromatic heterocycles. The van der Waals surface area contributed by atoms with Gasteiger partial charge in [0.2, 0.25) is 0 Å². The highest BCUT2D eigenvalue weighted by molar-refractivity contribution is 5.66. The van der Waals surface area contributed by atoms with Crippen molar-refractivity contribution in [3.05, 3.63) is 35.9 Å². The fourth-order valence-electron chi connectivity index (χ4n) is 2.81. The zero-order valence-electron chi connectivity index (χ0n) is 9.95. The molecule has 3 heteroatoms. The molecule has 2 rings (SSSR count). The lowest BCUT2D eigenvalue weighted by Crippen LogP contribution is -2.41. The molecule has 17 heavy (non-hydrogen) atoms. The van der Waals surface area contributed by atoms with Gasteiger partial charge in [-0.15, -0.1) is 0 Å². The smallest absolute Gasteiger partial charge is 0.0552 e. The highest BCUT2D eigenvalue weighted by atomic mass is 16.4. The SMILES string of the molecule is O=C([O-])CNCC1(c2ccccc2)CCCC1. The molecule has 1 aliphatic rings. The Balaban J connectivity index is 2.07. The van der Waals surface area contributed by atoms with E-state index >= 15 is 0 Å². The highest BCUT2D eigenvalue weighted by Crippen LogP contribution is 2.40. The fourth-order valence-corrected chi connectivity index (χ4v) is 2.81. The van der Waals surface area contributed by atoms with Gasteiger partial charge in [-0.05, 0) is 18.4 Å². The van der Waals surface area contributed by atoms with Gasteiger partial charge in [-0.1, -0.05) is 43.2 Å². The second kappa shape index (κ2) is 5.32. The van der Waals surface area contributed by atoms with Crippen LogP contribution in [0.5, 0.6) is 0 Å². The van der Waals surface area contributed by atoms with Gasteiger partial charge < -0.3 is 15.2 Å². The number of benzene rings is 1.